The fourth-order valence-corrected chi connectivity index (χ4v) is 2.56. The maximum atomic E-state index is 12.2. The van der Waals surface area contributed by atoms with E-state index in [0.717, 1.165) is 5.52 Å². The summed E-state index contributed by atoms with van der Waals surface area (Å²) in [4.78, 5) is 43.9. The summed E-state index contributed by atoms with van der Waals surface area (Å²) in [5, 5.41) is 5.28. The Kier molecular flexibility index (Phi) is 6.49. The zero-order chi connectivity index (χ0) is 21.5. The molecule has 0 saturated carbocycles. The largest absolute Gasteiger partial charge is 0.449 e. The normalized spacial score (nSPS) is 11.8. The lowest BCUT2D eigenvalue weighted by atomic mass is 10.2. The van der Waals surface area contributed by atoms with Gasteiger partial charge in [-0.15, -0.1) is 0 Å². The summed E-state index contributed by atoms with van der Waals surface area (Å²) in [6, 6.07) is 14.0. The van der Waals surface area contributed by atoms with E-state index in [2.05, 4.69) is 20.6 Å². The molecule has 0 saturated heterocycles. The summed E-state index contributed by atoms with van der Waals surface area (Å²) in [6.07, 6.45) is 3.23. The SMILES string of the molecule is CC(=O)Nc1ccc(NC(=O)C(C)OC(=O)C=Cc2cnc3ccccc3n2)cc1. The van der Waals surface area contributed by atoms with Gasteiger partial charge in [0.05, 0.1) is 22.9 Å². The maximum Gasteiger partial charge on any atom is 0.331 e. The van der Waals surface area contributed by atoms with Crippen LogP contribution in [0.5, 0.6) is 0 Å². The Morgan fingerprint density at radius 3 is 2.27 bits per heavy atom. The molecule has 3 rings (SSSR count). The van der Waals surface area contributed by atoms with E-state index in [1.807, 2.05) is 24.3 Å². The second kappa shape index (κ2) is 9.42. The Hall–Kier alpha value is -4.07. The number of nitrogens with one attached hydrogen (secondary N) is 2. The van der Waals surface area contributed by atoms with Crippen LogP contribution in [0.2, 0.25) is 0 Å². The molecular formula is C22H20N4O4. The maximum absolute atomic E-state index is 12.2. The first kappa shape index (κ1) is 20.7. The van der Waals surface area contributed by atoms with Gasteiger partial charge < -0.3 is 15.4 Å². The summed E-state index contributed by atoms with van der Waals surface area (Å²) in [5.74, 6) is -1.34. The highest BCUT2D eigenvalue weighted by molar-refractivity contribution is 5.97. The van der Waals surface area contributed by atoms with Gasteiger partial charge in [-0.1, -0.05) is 12.1 Å². The number of hydrogen-bond donors (Lipinski definition) is 2. The summed E-state index contributed by atoms with van der Waals surface area (Å²) in [5.41, 5.74) is 3.10. The number of rotatable bonds is 6. The molecule has 8 nitrogen and oxygen atoms in total. The lowest BCUT2D eigenvalue weighted by Crippen LogP contribution is -2.29. The van der Waals surface area contributed by atoms with Gasteiger partial charge in [-0.2, -0.15) is 0 Å². The molecule has 0 fully saturated rings. The van der Waals surface area contributed by atoms with Crippen LogP contribution < -0.4 is 10.6 Å². The third-order valence-corrected chi connectivity index (χ3v) is 3.99. The minimum absolute atomic E-state index is 0.185. The zero-order valence-corrected chi connectivity index (χ0v) is 16.5. The number of para-hydroxylation sites is 2. The van der Waals surface area contributed by atoms with Crippen LogP contribution in [-0.2, 0) is 19.1 Å². The number of carbonyl (C=O) groups is 3. The molecular weight excluding hydrogens is 384 g/mol. The van der Waals surface area contributed by atoms with Gasteiger partial charge in [-0.3, -0.25) is 14.6 Å². The Bertz CT molecular complexity index is 1110. The molecule has 1 atom stereocenters. The molecule has 1 aromatic heterocycles. The smallest absolute Gasteiger partial charge is 0.331 e. The minimum atomic E-state index is -1.00. The van der Waals surface area contributed by atoms with Gasteiger partial charge in [0.2, 0.25) is 5.91 Å². The quantitative estimate of drug-likeness (QED) is 0.482. The monoisotopic (exact) mass is 404 g/mol. The Morgan fingerprint density at radius 1 is 0.967 bits per heavy atom. The van der Waals surface area contributed by atoms with Crippen molar-refractivity contribution in [3.05, 3.63) is 66.5 Å². The number of aromatic nitrogens is 2. The Labute approximate surface area is 173 Å². The van der Waals surface area contributed by atoms with Gasteiger partial charge in [0.15, 0.2) is 6.10 Å². The van der Waals surface area contributed by atoms with Crippen LogP contribution in [0.1, 0.15) is 19.5 Å². The average molecular weight is 404 g/mol. The highest BCUT2D eigenvalue weighted by atomic mass is 16.5. The third kappa shape index (κ3) is 5.71. The number of hydrogen-bond acceptors (Lipinski definition) is 6. The van der Waals surface area contributed by atoms with Crippen molar-refractivity contribution in [1.82, 2.24) is 9.97 Å². The van der Waals surface area contributed by atoms with Crippen molar-refractivity contribution >= 4 is 46.3 Å². The van der Waals surface area contributed by atoms with Crippen LogP contribution in [0.15, 0.2) is 60.8 Å². The lowest BCUT2D eigenvalue weighted by Gasteiger charge is -2.12. The molecule has 1 heterocycles. The van der Waals surface area contributed by atoms with Gasteiger partial charge in [0, 0.05) is 24.4 Å². The van der Waals surface area contributed by atoms with Crippen molar-refractivity contribution in [2.75, 3.05) is 10.6 Å². The number of fused-ring (bicyclic) bond motifs is 1. The standard InChI is InChI=1S/C22H20N4O4/c1-14(22(29)26-17-9-7-16(8-10-17)24-15(2)27)30-21(28)12-11-18-13-23-19-5-3-4-6-20(19)25-18/h3-14H,1-2H3,(H,24,27)(H,26,29). The molecule has 152 valence electrons. The van der Waals surface area contributed by atoms with E-state index in [1.54, 1.807) is 30.5 Å². The molecule has 2 aromatic carbocycles. The molecule has 0 bridgehead atoms. The number of esters is 1. The van der Waals surface area contributed by atoms with Gasteiger partial charge in [-0.25, -0.2) is 9.78 Å². The van der Waals surface area contributed by atoms with Crippen molar-refractivity contribution in [1.29, 1.82) is 0 Å². The molecule has 2 amide bonds. The summed E-state index contributed by atoms with van der Waals surface area (Å²) < 4.78 is 5.13. The first-order chi connectivity index (χ1) is 14.4. The lowest BCUT2D eigenvalue weighted by molar-refractivity contribution is -0.148. The van der Waals surface area contributed by atoms with Crippen LogP contribution in [-0.4, -0.2) is 33.9 Å². The molecule has 0 radical (unpaired) electrons. The molecule has 0 aliphatic heterocycles. The van der Waals surface area contributed by atoms with Gasteiger partial charge >= 0.3 is 5.97 Å². The highest BCUT2D eigenvalue weighted by Gasteiger charge is 2.16. The highest BCUT2D eigenvalue weighted by Crippen LogP contribution is 2.14. The number of amides is 2. The van der Waals surface area contributed by atoms with Crippen LogP contribution in [0.4, 0.5) is 11.4 Å². The molecule has 0 aliphatic carbocycles. The predicted octanol–water partition coefficient (Wildman–Crippen LogP) is 3.17. The third-order valence-electron chi connectivity index (χ3n) is 3.99. The predicted molar refractivity (Wildman–Crippen MR) is 114 cm³/mol. The van der Waals surface area contributed by atoms with E-state index >= 15 is 0 Å². The Balaban J connectivity index is 1.54. The average Bonchev–Trinajstić information content (AvgIpc) is 2.73. The van der Waals surface area contributed by atoms with E-state index in [9.17, 15) is 14.4 Å². The first-order valence-electron chi connectivity index (χ1n) is 9.20. The minimum Gasteiger partial charge on any atom is -0.449 e. The van der Waals surface area contributed by atoms with Gasteiger partial charge in [0.25, 0.3) is 5.91 Å². The molecule has 0 spiro atoms. The fraction of sp³-hybridized carbons (Fsp3) is 0.136. The van der Waals surface area contributed by atoms with Crippen molar-refractivity contribution in [2.24, 2.45) is 0 Å². The van der Waals surface area contributed by atoms with E-state index < -0.39 is 18.0 Å². The first-order valence-corrected chi connectivity index (χ1v) is 9.20. The van der Waals surface area contributed by atoms with Crippen molar-refractivity contribution in [2.45, 2.75) is 20.0 Å². The molecule has 30 heavy (non-hydrogen) atoms. The number of benzene rings is 2. The van der Waals surface area contributed by atoms with E-state index in [0.29, 0.717) is 22.6 Å². The van der Waals surface area contributed by atoms with Crippen molar-refractivity contribution in [3.63, 3.8) is 0 Å². The fourth-order valence-electron chi connectivity index (χ4n) is 2.56. The molecule has 2 N–H and O–H groups in total. The second-order valence-electron chi connectivity index (χ2n) is 6.44. The van der Waals surface area contributed by atoms with Gasteiger partial charge in [0.1, 0.15) is 0 Å². The molecule has 8 heteroatoms. The summed E-state index contributed by atoms with van der Waals surface area (Å²) in [6.45, 7) is 2.88. The van der Waals surface area contributed by atoms with Gasteiger partial charge in [-0.05, 0) is 49.4 Å². The van der Waals surface area contributed by atoms with E-state index in [-0.39, 0.29) is 5.91 Å². The molecule has 0 aliphatic rings. The summed E-state index contributed by atoms with van der Waals surface area (Å²) >= 11 is 0. The van der Waals surface area contributed by atoms with Crippen LogP contribution in [0.25, 0.3) is 17.1 Å². The zero-order valence-electron chi connectivity index (χ0n) is 16.5. The van der Waals surface area contributed by atoms with Crippen molar-refractivity contribution < 1.29 is 19.1 Å². The van der Waals surface area contributed by atoms with E-state index in [4.69, 9.17) is 4.74 Å². The van der Waals surface area contributed by atoms with Crippen LogP contribution in [0, 0.1) is 0 Å². The number of nitrogens with zero attached hydrogens (tertiary/aromatic N) is 2. The van der Waals surface area contributed by atoms with Crippen LogP contribution in [0.3, 0.4) is 0 Å². The molecule has 1 unspecified atom stereocenters. The van der Waals surface area contributed by atoms with Crippen molar-refractivity contribution in [3.8, 4) is 0 Å². The number of ether oxygens (including phenoxy) is 1. The number of anilines is 2. The second-order valence-corrected chi connectivity index (χ2v) is 6.44. The Morgan fingerprint density at radius 2 is 1.60 bits per heavy atom. The topological polar surface area (TPSA) is 110 Å². The number of carbonyl (C=O) groups excluding carboxylic acids is 3. The molecule has 3 aromatic rings. The van der Waals surface area contributed by atoms with E-state index in [1.165, 1.54) is 26.0 Å². The summed E-state index contributed by atoms with van der Waals surface area (Å²) in [7, 11) is 0. The van der Waals surface area contributed by atoms with Crippen LogP contribution >= 0.6 is 0 Å².